The molecule has 4 N–H and O–H groups in total. The summed E-state index contributed by atoms with van der Waals surface area (Å²) >= 11 is 0. The van der Waals surface area contributed by atoms with Crippen LogP contribution < -0.4 is 21.3 Å². The summed E-state index contributed by atoms with van der Waals surface area (Å²) in [6.45, 7) is 5.92. The molecule has 10 heteroatoms. The van der Waals surface area contributed by atoms with Gasteiger partial charge in [-0.1, -0.05) is 25.5 Å². The third-order valence-corrected chi connectivity index (χ3v) is 9.12. The van der Waals surface area contributed by atoms with Crippen LogP contribution in [0.25, 0.3) is 0 Å². The van der Waals surface area contributed by atoms with Gasteiger partial charge in [0.2, 0.25) is 11.8 Å². The largest absolute Gasteiger partial charge is 0.381 e. The topological polar surface area (TPSA) is 108 Å². The normalized spacial score (nSPS) is 21.4. The number of carbonyl (C=O) groups is 2. The Balaban J connectivity index is 1.15. The van der Waals surface area contributed by atoms with E-state index in [0.717, 1.165) is 48.4 Å². The lowest BCUT2D eigenvalue weighted by atomic mass is 9.79. The van der Waals surface area contributed by atoms with E-state index in [9.17, 15) is 18.4 Å². The molecular formula is C32H34F2N6O2. The van der Waals surface area contributed by atoms with Crippen LogP contribution in [0.4, 0.5) is 20.4 Å². The molecule has 1 aliphatic heterocycles. The number of aromatic nitrogens is 2. The zero-order valence-electron chi connectivity index (χ0n) is 23.5. The lowest BCUT2D eigenvalue weighted by molar-refractivity contribution is -0.120. The van der Waals surface area contributed by atoms with Crippen LogP contribution in [-0.4, -0.2) is 33.9 Å². The summed E-state index contributed by atoms with van der Waals surface area (Å²) in [5, 5.41) is 12.6. The molecule has 1 saturated carbocycles. The van der Waals surface area contributed by atoms with Gasteiger partial charge < -0.3 is 21.3 Å². The van der Waals surface area contributed by atoms with Crippen LogP contribution in [0.2, 0.25) is 0 Å². The molecule has 1 aromatic carbocycles. The summed E-state index contributed by atoms with van der Waals surface area (Å²) in [5.41, 5.74) is 1.27. The molecule has 0 radical (unpaired) electrons. The first kappa shape index (κ1) is 28.0. The van der Waals surface area contributed by atoms with E-state index in [1.165, 1.54) is 18.3 Å². The highest BCUT2D eigenvalue weighted by molar-refractivity contribution is 6.06. The van der Waals surface area contributed by atoms with Crippen molar-refractivity contribution in [1.29, 1.82) is 0 Å². The molecule has 0 bridgehead atoms. The van der Waals surface area contributed by atoms with E-state index in [1.807, 2.05) is 25.1 Å². The summed E-state index contributed by atoms with van der Waals surface area (Å²) in [7, 11) is 0. The highest BCUT2D eigenvalue weighted by Crippen LogP contribution is 2.46. The Morgan fingerprint density at radius 1 is 1.12 bits per heavy atom. The zero-order chi connectivity index (χ0) is 29.5. The summed E-state index contributed by atoms with van der Waals surface area (Å²) in [5.74, 6) is -0.493. The van der Waals surface area contributed by atoms with E-state index in [0.29, 0.717) is 36.6 Å². The number of benzene rings is 1. The third-order valence-electron chi connectivity index (χ3n) is 9.12. The van der Waals surface area contributed by atoms with Gasteiger partial charge in [-0.05, 0) is 79.8 Å². The van der Waals surface area contributed by atoms with Crippen molar-refractivity contribution in [3.05, 3.63) is 95.5 Å². The molecule has 1 fully saturated rings. The first-order valence-corrected chi connectivity index (χ1v) is 14.3. The van der Waals surface area contributed by atoms with Crippen LogP contribution in [0.15, 0.2) is 61.6 Å². The number of nitrogens with zero attached hydrogens (tertiary/aromatic N) is 2. The van der Waals surface area contributed by atoms with Gasteiger partial charge in [-0.25, -0.2) is 18.7 Å². The molecule has 218 valence electrons. The van der Waals surface area contributed by atoms with Crippen molar-refractivity contribution in [1.82, 2.24) is 20.6 Å². The number of nitrogens with one attached hydrogen (secondary N) is 4. The fourth-order valence-corrected chi connectivity index (χ4v) is 6.88. The number of pyridine rings is 2. The number of carbonyl (C=O) groups excluding carboxylic acids is 2. The number of hydrogen-bond acceptors (Lipinski definition) is 6. The van der Waals surface area contributed by atoms with E-state index in [-0.39, 0.29) is 18.2 Å². The molecule has 1 spiro atoms. The lowest BCUT2D eigenvalue weighted by Crippen LogP contribution is -2.54. The number of fused-ring (bicyclic) bond motifs is 3. The summed E-state index contributed by atoms with van der Waals surface area (Å²) in [4.78, 5) is 35.2. The predicted octanol–water partition coefficient (Wildman–Crippen LogP) is 4.62. The van der Waals surface area contributed by atoms with Crippen molar-refractivity contribution in [3.63, 3.8) is 0 Å². The SMILES string of the molecule is C=CNC(C)(CNC1(CC(=O)Nc2cc3c(cn2)CC2(C3)C(=O)Nc3ncccc32)CCCC1)c1cc(F)cc(F)c1. The van der Waals surface area contributed by atoms with E-state index < -0.39 is 28.1 Å². The Kier molecular flexibility index (Phi) is 7.04. The van der Waals surface area contributed by atoms with Crippen molar-refractivity contribution < 1.29 is 18.4 Å². The Hall–Kier alpha value is -4.18. The number of anilines is 2. The summed E-state index contributed by atoms with van der Waals surface area (Å²) < 4.78 is 28.1. The molecule has 2 aliphatic carbocycles. The van der Waals surface area contributed by atoms with Crippen LogP contribution in [0.5, 0.6) is 0 Å². The van der Waals surface area contributed by atoms with Gasteiger partial charge in [-0.15, -0.1) is 0 Å². The minimum atomic E-state index is -0.852. The maximum absolute atomic E-state index is 14.1. The molecule has 2 unspecified atom stereocenters. The molecule has 2 amide bonds. The second kappa shape index (κ2) is 10.6. The molecule has 2 aromatic heterocycles. The van der Waals surface area contributed by atoms with E-state index in [1.54, 1.807) is 12.4 Å². The maximum atomic E-state index is 14.1. The fourth-order valence-electron chi connectivity index (χ4n) is 6.88. The average molecular weight is 573 g/mol. The second-order valence-corrected chi connectivity index (χ2v) is 12.0. The Bertz CT molecular complexity index is 1550. The van der Waals surface area contributed by atoms with Crippen molar-refractivity contribution in [3.8, 4) is 0 Å². The van der Waals surface area contributed by atoms with Crippen molar-refractivity contribution in [2.45, 2.75) is 68.4 Å². The van der Waals surface area contributed by atoms with Crippen LogP contribution >= 0.6 is 0 Å². The van der Waals surface area contributed by atoms with Crippen molar-refractivity contribution in [2.75, 3.05) is 17.2 Å². The molecule has 42 heavy (non-hydrogen) atoms. The third kappa shape index (κ3) is 5.04. The fraction of sp³-hybridized carbons (Fsp3) is 0.375. The molecule has 3 aliphatic rings. The second-order valence-electron chi connectivity index (χ2n) is 12.0. The molecule has 2 atom stereocenters. The monoisotopic (exact) mass is 572 g/mol. The van der Waals surface area contributed by atoms with Crippen LogP contribution in [0.3, 0.4) is 0 Å². The summed E-state index contributed by atoms with van der Waals surface area (Å²) in [6, 6.07) is 9.11. The number of rotatable bonds is 9. The molecular weight excluding hydrogens is 538 g/mol. The number of amides is 2. The van der Waals surface area contributed by atoms with E-state index in [2.05, 4.69) is 37.8 Å². The van der Waals surface area contributed by atoms with E-state index >= 15 is 0 Å². The predicted molar refractivity (Wildman–Crippen MR) is 156 cm³/mol. The van der Waals surface area contributed by atoms with Gasteiger partial charge in [0, 0.05) is 42.5 Å². The quantitative estimate of drug-likeness (QED) is 0.298. The molecule has 3 heterocycles. The van der Waals surface area contributed by atoms with Crippen molar-refractivity contribution >= 4 is 23.5 Å². The number of hydrogen-bond donors (Lipinski definition) is 4. The van der Waals surface area contributed by atoms with Gasteiger partial charge in [0.1, 0.15) is 23.3 Å². The van der Waals surface area contributed by atoms with Gasteiger partial charge in [0.25, 0.3) is 0 Å². The zero-order valence-corrected chi connectivity index (χ0v) is 23.5. The number of halogens is 2. The molecule has 3 aromatic rings. The molecule has 0 saturated heterocycles. The Labute approximate surface area is 243 Å². The standard InChI is InChI=1S/C32H34F2N6O2/c1-3-37-30(2,22-12-23(33)14-24(34)13-22)19-38-31(8-4-5-9-31)17-27(41)39-26-11-20-15-32(16-21(20)18-36-26)25-7-6-10-35-28(25)40-29(32)42/h3,6-7,10-14,18,37-38H,1,4-5,8-9,15-17,19H2,2H3,(H,35,40,42)(H,36,39,41). The maximum Gasteiger partial charge on any atom is 0.237 e. The van der Waals surface area contributed by atoms with Gasteiger partial charge in [-0.2, -0.15) is 0 Å². The first-order chi connectivity index (χ1) is 20.1. The highest BCUT2D eigenvalue weighted by atomic mass is 19.1. The summed E-state index contributed by atoms with van der Waals surface area (Å²) in [6.07, 6.45) is 9.72. The Morgan fingerprint density at radius 3 is 2.60 bits per heavy atom. The van der Waals surface area contributed by atoms with Gasteiger partial charge in [0.05, 0.1) is 11.0 Å². The van der Waals surface area contributed by atoms with E-state index in [4.69, 9.17) is 0 Å². The van der Waals surface area contributed by atoms with Crippen LogP contribution in [-0.2, 0) is 33.4 Å². The molecule has 8 nitrogen and oxygen atoms in total. The van der Waals surface area contributed by atoms with Crippen LogP contribution in [0, 0.1) is 11.6 Å². The Morgan fingerprint density at radius 2 is 1.86 bits per heavy atom. The minimum Gasteiger partial charge on any atom is -0.381 e. The smallest absolute Gasteiger partial charge is 0.237 e. The molecule has 6 rings (SSSR count). The van der Waals surface area contributed by atoms with Gasteiger partial charge in [-0.3, -0.25) is 9.59 Å². The van der Waals surface area contributed by atoms with Crippen LogP contribution in [0.1, 0.15) is 61.3 Å². The minimum absolute atomic E-state index is 0.0637. The highest BCUT2D eigenvalue weighted by Gasteiger charge is 2.51. The van der Waals surface area contributed by atoms with Gasteiger partial charge in [0.15, 0.2) is 0 Å². The average Bonchev–Trinajstić information content (AvgIpc) is 3.64. The van der Waals surface area contributed by atoms with Gasteiger partial charge >= 0.3 is 0 Å². The first-order valence-electron chi connectivity index (χ1n) is 14.3. The van der Waals surface area contributed by atoms with Crippen molar-refractivity contribution in [2.24, 2.45) is 0 Å². The lowest BCUT2D eigenvalue weighted by Gasteiger charge is -2.37.